The predicted octanol–water partition coefficient (Wildman–Crippen LogP) is 4.57. The second-order valence-electron chi connectivity index (χ2n) is 3.99. The monoisotopic (exact) mass is 351 g/mol. The number of hydrogen-bond acceptors (Lipinski definition) is 3. The fraction of sp³-hybridized carbons (Fsp3) is 0. The van der Waals surface area contributed by atoms with Gasteiger partial charge in [0, 0.05) is 0 Å². The number of carbonyl (C=O) groups excluding carboxylic acids is 1. The van der Waals surface area contributed by atoms with Crippen molar-refractivity contribution in [1.29, 1.82) is 0 Å². The van der Waals surface area contributed by atoms with E-state index in [0.29, 0.717) is 17.1 Å². The first kappa shape index (κ1) is 13.1. The van der Waals surface area contributed by atoms with Crippen LogP contribution in [0.25, 0.3) is 0 Å². The first-order valence-electron chi connectivity index (χ1n) is 5.63. The highest BCUT2D eigenvalue weighted by Gasteiger charge is 2.16. The molecule has 1 amide bonds. The lowest BCUT2D eigenvalue weighted by atomic mass is 10.2. The van der Waals surface area contributed by atoms with E-state index in [9.17, 15) is 9.18 Å². The van der Waals surface area contributed by atoms with Crippen LogP contribution in [0.15, 0.2) is 49.6 Å². The van der Waals surface area contributed by atoms with E-state index in [-0.39, 0.29) is 10.0 Å². The van der Waals surface area contributed by atoms with Crippen LogP contribution in [0.1, 0.15) is 10.4 Å². The molecule has 0 bridgehead atoms. The molecule has 0 fully saturated rings. The van der Waals surface area contributed by atoms with Gasteiger partial charge >= 0.3 is 0 Å². The first-order chi connectivity index (χ1) is 9.66. The number of rotatable bonds is 2. The Balaban J connectivity index is 1.93. The first-order valence-corrected chi connectivity index (χ1v) is 7.16. The van der Waals surface area contributed by atoms with Gasteiger partial charge in [0.05, 0.1) is 27.1 Å². The van der Waals surface area contributed by atoms with Crippen LogP contribution >= 0.6 is 15.9 Å². The van der Waals surface area contributed by atoms with Gasteiger partial charge in [-0.15, -0.1) is 0 Å². The number of nitrogens with zero attached hydrogens (tertiary/aromatic N) is 2. The number of benzene rings is 2. The number of halogens is 2. The second kappa shape index (κ2) is 5.26. The van der Waals surface area contributed by atoms with Gasteiger partial charge in [0.2, 0.25) is 0 Å². The molecule has 0 saturated heterocycles. The van der Waals surface area contributed by atoms with Crippen LogP contribution in [0.5, 0.6) is 0 Å². The number of carbonyl (C=O) groups is 1. The summed E-state index contributed by atoms with van der Waals surface area (Å²) in [6, 6.07) is 9.63. The van der Waals surface area contributed by atoms with Gasteiger partial charge < -0.3 is 5.32 Å². The highest BCUT2D eigenvalue weighted by atomic mass is 79.9. The number of hydrogen-bond donors (Lipinski definition) is 1. The van der Waals surface area contributed by atoms with Crippen molar-refractivity contribution in [2.24, 2.45) is 8.73 Å². The minimum atomic E-state index is -0.480. The van der Waals surface area contributed by atoms with Crippen LogP contribution in [0, 0.1) is 5.82 Å². The molecule has 0 spiro atoms. The molecule has 2 aromatic rings. The second-order valence-corrected chi connectivity index (χ2v) is 5.31. The number of amides is 1. The molecule has 100 valence electrons. The highest BCUT2D eigenvalue weighted by Crippen LogP contribution is 2.38. The van der Waals surface area contributed by atoms with E-state index in [1.54, 1.807) is 18.2 Å². The van der Waals surface area contributed by atoms with Gasteiger partial charge in [-0.2, -0.15) is 8.73 Å². The Morgan fingerprint density at radius 1 is 1.20 bits per heavy atom. The van der Waals surface area contributed by atoms with Crippen LogP contribution in [0.3, 0.4) is 0 Å². The zero-order valence-electron chi connectivity index (χ0n) is 9.93. The summed E-state index contributed by atoms with van der Waals surface area (Å²) in [7, 11) is 0. The number of nitrogens with one attached hydrogen (secondary N) is 1. The molecular formula is C13H7BrFN3OS. The van der Waals surface area contributed by atoms with Crippen molar-refractivity contribution in [3.63, 3.8) is 0 Å². The van der Waals surface area contributed by atoms with E-state index >= 15 is 0 Å². The van der Waals surface area contributed by atoms with Crippen molar-refractivity contribution in [2.45, 2.75) is 0 Å². The molecule has 1 N–H and O–H groups in total. The zero-order chi connectivity index (χ0) is 14.1. The normalized spacial score (nSPS) is 11.9. The van der Waals surface area contributed by atoms with Crippen molar-refractivity contribution in [1.82, 2.24) is 0 Å². The summed E-state index contributed by atoms with van der Waals surface area (Å²) in [4.78, 5) is 12.2. The van der Waals surface area contributed by atoms with Gasteiger partial charge in [0.25, 0.3) is 5.91 Å². The molecule has 1 heterocycles. The van der Waals surface area contributed by atoms with Crippen molar-refractivity contribution in [3.8, 4) is 0 Å². The molecule has 1 aliphatic heterocycles. The van der Waals surface area contributed by atoms with E-state index in [4.69, 9.17) is 0 Å². The van der Waals surface area contributed by atoms with Gasteiger partial charge in [-0.05, 0) is 40.2 Å². The van der Waals surface area contributed by atoms with Crippen molar-refractivity contribution < 1.29 is 9.18 Å². The van der Waals surface area contributed by atoms with Gasteiger partial charge in [-0.1, -0.05) is 12.1 Å². The molecule has 0 aliphatic carbocycles. The molecule has 2 aromatic carbocycles. The Hall–Kier alpha value is -1.86. The van der Waals surface area contributed by atoms with Crippen molar-refractivity contribution in [3.05, 3.63) is 52.3 Å². The average molecular weight is 352 g/mol. The van der Waals surface area contributed by atoms with Crippen LogP contribution in [0.2, 0.25) is 0 Å². The molecule has 0 atom stereocenters. The molecule has 0 radical (unpaired) electrons. The van der Waals surface area contributed by atoms with Crippen LogP contribution < -0.4 is 5.32 Å². The molecule has 3 rings (SSSR count). The Bertz CT molecular complexity index is 787. The quantitative estimate of drug-likeness (QED) is 0.722. The molecule has 20 heavy (non-hydrogen) atoms. The molecule has 1 aliphatic rings. The fourth-order valence-corrected chi connectivity index (χ4v) is 2.77. The van der Waals surface area contributed by atoms with Gasteiger partial charge in [0.15, 0.2) is 0 Å². The minimum absolute atomic E-state index is 0.140. The number of anilines is 1. The van der Waals surface area contributed by atoms with E-state index < -0.39 is 11.7 Å². The molecular weight excluding hydrogens is 345 g/mol. The number of fused-ring (bicyclic) bond motifs is 1. The topological polar surface area (TPSA) is 53.8 Å². The van der Waals surface area contributed by atoms with Gasteiger partial charge in [0.1, 0.15) is 17.2 Å². The average Bonchev–Trinajstić information content (AvgIpc) is 2.91. The molecule has 0 aromatic heterocycles. The Morgan fingerprint density at radius 3 is 2.85 bits per heavy atom. The molecule has 7 heteroatoms. The molecule has 0 saturated carbocycles. The lowest BCUT2D eigenvalue weighted by Gasteiger charge is -2.09. The van der Waals surface area contributed by atoms with Crippen molar-refractivity contribution >= 4 is 50.3 Å². The summed E-state index contributed by atoms with van der Waals surface area (Å²) in [5.74, 6) is -0.886. The van der Waals surface area contributed by atoms with Crippen LogP contribution in [0.4, 0.5) is 21.5 Å². The summed E-state index contributed by atoms with van der Waals surface area (Å²) in [5.41, 5.74) is 2.12. The summed E-state index contributed by atoms with van der Waals surface area (Å²) < 4.78 is 21.8. The summed E-state index contributed by atoms with van der Waals surface area (Å²) in [6.45, 7) is 0. The summed E-state index contributed by atoms with van der Waals surface area (Å²) in [5, 5.41) is 2.72. The maximum Gasteiger partial charge on any atom is 0.256 e. The third-order valence-electron chi connectivity index (χ3n) is 2.73. The van der Waals surface area contributed by atoms with Crippen molar-refractivity contribution in [2.75, 3.05) is 5.32 Å². The zero-order valence-corrected chi connectivity index (χ0v) is 12.3. The van der Waals surface area contributed by atoms with E-state index in [2.05, 4.69) is 30.0 Å². The molecule has 0 unspecified atom stereocenters. The standard InChI is InChI=1S/C13H7BrFN3OS/c14-11-7(3-1-4-8(11)15)13(19)16-9-5-2-6-10-12(9)18-20-17-10/h1-6H,(H,16,19). The third-order valence-corrected chi connectivity index (χ3v) is 4.08. The lowest BCUT2D eigenvalue weighted by molar-refractivity contribution is 0.102. The lowest BCUT2D eigenvalue weighted by Crippen LogP contribution is -2.13. The maximum atomic E-state index is 13.4. The van der Waals surface area contributed by atoms with Crippen LogP contribution in [-0.2, 0) is 11.4 Å². The Labute approximate surface area is 126 Å². The van der Waals surface area contributed by atoms with E-state index in [0.717, 1.165) is 11.4 Å². The van der Waals surface area contributed by atoms with Crippen LogP contribution in [-0.4, -0.2) is 5.91 Å². The third kappa shape index (κ3) is 2.30. The SMILES string of the molecule is O=C(Nc1cccc2c1N=S=N2)c1cccc(F)c1Br. The van der Waals surface area contributed by atoms with Gasteiger partial charge in [-0.25, -0.2) is 4.39 Å². The maximum absolute atomic E-state index is 13.4. The highest BCUT2D eigenvalue weighted by molar-refractivity contribution is 9.10. The smallest absolute Gasteiger partial charge is 0.256 e. The Kier molecular flexibility index (Phi) is 3.45. The largest absolute Gasteiger partial charge is 0.320 e. The fourth-order valence-electron chi connectivity index (χ4n) is 1.78. The Morgan fingerprint density at radius 2 is 2.00 bits per heavy atom. The summed E-state index contributed by atoms with van der Waals surface area (Å²) in [6.07, 6.45) is 0. The van der Waals surface area contributed by atoms with Gasteiger partial charge in [-0.3, -0.25) is 4.79 Å². The minimum Gasteiger partial charge on any atom is -0.320 e. The summed E-state index contributed by atoms with van der Waals surface area (Å²) >= 11 is 4.15. The predicted molar refractivity (Wildman–Crippen MR) is 80.0 cm³/mol. The van der Waals surface area contributed by atoms with E-state index in [1.807, 2.05) is 6.07 Å². The molecule has 4 nitrogen and oxygen atoms in total. The van der Waals surface area contributed by atoms with E-state index in [1.165, 1.54) is 12.1 Å².